The summed E-state index contributed by atoms with van der Waals surface area (Å²) in [7, 11) is 0. The Labute approximate surface area is 99.4 Å². The molecule has 0 amide bonds. The number of rotatable bonds is 2. The van der Waals surface area contributed by atoms with Crippen LogP contribution in [0.1, 0.15) is 40.5 Å². The lowest BCUT2D eigenvalue weighted by atomic mass is 9.83. The number of nitrogens with zero attached hydrogens (tertiary/aromatic N) is 1. The Balaban J connectivity index is 2.30. The summed E-state index contributed by atoms with van der Waals surface area (Å²) < 4.78 is 0. The molecule has 0 atom stereocenters. The van der Waals surface area contributed by atoms with Crippen molar-refractivity contribution in [1.29, 1.82) is 0 Å². The predicted molar refractivity (Wildman–Crippen MR) is 70.0 cm³/mol. The minimum Gasteiger partial charge on any atom is -0.362 e. The van der Waals surface area contributed by atoms with E-state index in [1.54, 1.807) is 0 Å². The van der Waals surface area contributed by atoms with E-state index >= 15 is 0 Å². The maximum absolute atomic E-state index is 5.38. The van der Waals surface area contributed by atoms with Crippen LogP contribution in [-0.4, -0.2) is 29.6 Å². The highest BCUT2D eigenvalue weighted by molar-refractivity contribution is 7.80. The molecule has 0 aromatic heterocycles. The third-order valence-electron chi connectivity index (χ3n) is 3.07. The number of piperidine rings is 1. The maximum Gasteiger partial charge on any atom is 0.168 e. The zero-order valence-corrected chi connectivity index (χ0v) is 11.3. The summed E-state index contributed by atoms with van der Waals surface area (Å²) >= 11 is 5.38. The standard InChI is InChI=1S/C12H24N2S/c1-10(2)9-13-11(15)14-7-5-12(3,4)6-8-14/h10H,5-9H2,1-4H3,(H,13,15). The largest absolute Gasteiger partial charge is 0.362 e. The van der Waals surface area contributed by atoms with Gasteiger partial charge in [-0.05, 0) is 36.4 Å². The van der Waals surface area contributed by atoms with Crippen LogP contribution in [-0.2, 0) is 0 Å². The Morgan fingerprint density at radius 2 is 1.87 bits per heavy atom. The minimum atomic E-state index is 0.504. The molecule has 0 radical (unpaired) electrons. The molecule has 15 heavy (non-hydrogen) atoms. The van der Waals surface area contributed by atoms with Gasteiger partial charge >= 0.3 is 0 Å². The predicted octanol–water partition coefficient (Wildman–Crippen LogP) is 2.64. The lowest BCUT2D eigenvalue weighted by Crippen LogP contribution is -2.46. The van der Waals surface area contributed by atoms with Gasteiger partial charge in [0.15, 0.2) is 5.11 Å². The van der Waals surface area contributed by atoms with E-state index in [0.29, 0.717) is 11.3 Å². The fourth-order valence-corrected chi connectivity index (χ4v) is 1.98. The molecular weight excluding hydrogens is 204 g/mol. The fraction of sp³-hybridized carbons (Fsp3) is 0.917. The third kappa shape index (κ3) is 4.37. The summed E-state index contributed by atoms with van der Waals surface area (Å²) in [4.78, 5) is 2.31. The van der Waals surface area contributed by atoms with E-state index in [9.17, 15) is 0 Å². The summed E-state index contributed by atoms with van der Waals surface area (Å²) in [6.07, 6.45) is 2.49. The van der Waals surface area contributed by atoms with Gasteiger partial charge in [-0.1, -0.05) is 27.7 Å². The van der Waals surface area contributed by atoms with Crippen molar-refractivity contribution in [1.82, 2.24) is 10.2 Å². The Morgan fingerprint density at radius 1 is 1.33 bits per heavy atom. The van der Waals surface area contributed by atoms with Crippen molar-refractivity contribution >= 4 is 17.3 Å². The van der Waals surface area contributed by atoms with E-state index in [4.69, 9.17) is 12.2 Å². The molecule has 0 unspecified atom stereocenters. The van der Waals surface area contributed by atoms with E-state index in [-0.39, 0.29) is 0 Å². The molecule has 1 fully saturated rings. The van der Waals surface area contributed by atoms with E-state index in [1.165, 1.54) is 12.8 Å². The first kappa shape index (κ1) is 12.8. The number of hydrogen-bond donors (Lipinski definition) is 1. The molecule has 0 aliphatic carbocycles. The monoisotopic (exact) mass is 228 g/mol. The Bertz CT molecular complexity index is 214. The van der Waals surface area contributed by atoms with Crippen molar-refractivity contribution in [3.05, 3.63) is 0 Å². The molecule has 1 rings (SSSR count). The second-order valence-electron chi connectivity index (χ2n) is 5.73. The van der Waals surface area contributed by atoms with Crippen LogP contribution in [0.15, 0.2) is 0 Å². The molecular formula is C12H24N2S. The van der Waals surface area contributed by atoms with Gasteiger partial charge in [0.25, 0.3) is 0 Å². The molecule has 0 saturated carbocycles. The molecule has 1 N–H and O–H groups in total. The number of hydrogen-bond acceptors (Lipinski definition) is 1. The highest BCUT2D eigenvalue weighted by Crippen LogP contribution is 2.29. The summed E-state index contributed by atoms with van der Waals surface area (Å²) in [6.45, 7) is 12.3. The van der Waals surface area contributed by atoms with Crippen molar-refractivity contribution in [2.45, 2.75) is 40.5 Å². The topological polar surface area (TPSA) is 15.3 Å². The van der Waals surface area contributed by atoms with Gasteiger partial charge in [0, 0.05) is 19.6 Å². The van der Waals surface area contributed by atoms with Crippen molar-refractivity contribution in [2.75, 3.05) is 19.6 Å². The van der Waals surface area contributed by atoms with Gasteiger partial charge in [-0.15, -0.1) is 0 Å². The first-order chi connectivity index (χ1) is 6.91. The van der Waals surface area contributed by atoms with Crippen LogP contribution in [0, 0.1) is 11.3 Å². The smallest absolute Gasteiger partial charge is 0.168 e. The Morgan fingerprint density at radius 3 is 2.33 bits per heavy atom. The Hall–Kier alpha value is -0.310. The maximum atomic E-state index is 5.38. The number of nitrogens with one attached hydrogen (secondary N) is 1. The summed E-state index contributed by atoms with van der Waals surface area (Å²) in [6, 6.07) is 0. The van der Waals surface area contributed by atoms with E-state index in [2.05, 4.69) is 37.9 Å². The van der Waals surface area contributed by atoms with Crippen LogP contribution < -0.4 is 5.32 Å². The first-order valence-corrected chi connectivity index (χ1v) is 6.34. The minimum absolute atomic E-state index is 0.504. The van der Waals surface area contributed by atoms with Gasteiger partial charge < -0.3 is 10.2 Å². The summed E-state index contributed by atoms with van der Waals surface area (Å²) in [5.74, 6) is 0.657. The van der Waals surface area contributed by atoms with Crippen LogP contribution in [0.2, 0.25) is 0 Å². The zero-order valence-electron chi connectivity index (χ0n) is 10.5. The molecule has 1 aliphatic heterocycles. The molecule has 1 heterocycles. The molecule has 0 aromatic rings. The van der Waals surface area contributed by atoms with Gasteiger partial charge in [0.1, 0.15) is 0 Å². The lowest BCUT2D eigenvalue weighted by Gasteiger charge is -2.38. The van der Waals surface area contributed by atoms with Crippen LogP contribution in [0.3, 0.4) is 0 Å². The quantitative estimate of drug-likeness (QED) is 0.732. The second kappa shape index (κ2) is 5.15. The van der Waals surface area contributed by atoms with Crippen LogP contribution in [0.5, 0.6) is 0 Å². The van der Waals surface area contributed by atoms with Crippen LogP contribution >= 0.6 is 12.2 Å². The number of likely N-dealkylation sites (tertiary alicyclic amines) is 1. The Kier molecular flexibility index (Phi) is 4.38. The first-order valence-electron chi connectivity index (χ1n) is 5.93. The van der Waals surface area contributed by atoms with E-state index < -0.39 is 0 Å². The molecule has 0 bridgehead atoms. The zero-order chi connectivity index (χ0) is 11.5. The van der Waals surface area contributed by atoms with Gasteiger partial charge in [0.2, 0.25) is 0 Å². The van der Waals surface area contributed by atoms with Crippen molar-refractivity contribution in [3.8, 4) is 0 Å². The normalized spacial score (nSPS) is 20.5. The third-order valence-corrected chi connectivity index (χ3v) is 3.47. The van der Waals surface area contributed by atoms with Gasteiger partial charge in [-0.2, -0.15) is 0 Å². The van der Waals surface area contributed by atoms with Crippen molar-refractivity contribution in [2.24, 2.45) is 11.3 Å². The fourth-order valence-electron chi connectivity index (χ4n) is 1.72. The van der Waals surface area contributed by atoms with Crippen LogP contribution in [0.4, 0.5) is 0 Å². The second-order valence-corrected chi connectivity index (χ2v) is 6.12. The molecule has 0 aromatic carbocycles. The molecule has 1 saturated heterocycles. The lowest BCUT2D eigenvalue weighted by molar-refractivity contribution is 0.187. The molecule has 3 heteroatoms. The molecule has 0 spiro atoms. The average Bonchev–Trinajstić information content (AvgIpc) is 2.14. The highest BCUT2D eigenvalue weighted by atomic mass is 32.1. The van der Waals surface area contributed by atoms with Crippen molar-refractivity contribution in [3.63, 3.8) is 0 Å². The van der Waals surface area contributed by atoms with Gasteiger partial charge in [-0.3, -0.25) is 0 Å². The molecule has 2 nitrogen and oxygen atoms in total. The number of thiocarbonyl (C=S) groups is 1. The molecule has 1 aliphatic rings. The van der Waals surface area contributed by atoms with Crippen molar-refractivity contribution < 1.29 is 0 Å². The van der Waals surface area contributed by atoms with Gasteiger partial charge in [0.05, 0.1) is 0 Å². The summed E-state index contributed by atoms with van der Waals surface area (Å²) in [5, 5.41) is 4.28. The van der Waals surface area contributed by atoms with Crippen LogP contribution in [0.25, 0.3) is 0 Å². The van der Waals surface area contributed by atoms with E-state index in [0.717, 1.165) is 24.7 Å². The van der Waals surface area contributed by atoms with E-state index in [1.807, 2.05) is 0 Å². The molecule has 88 valence electrons. The average molecular weight is 228 g/mol. The highest BCUT2D eigenvalue weighted by Gasteiger charge is 2.26. The van der Waals surface area contributed by atoms with Gasteiger partial charge in [-0.25, -0.2) is 0 Å². The summed E-state index contributed by atoms with van der Waals surface area (Å²) in [5.41, 5.74) is 0.504. The SMILES string of the molecule is CC(C)CNC(=S)N1CCC(C)(C)CC1.